The molecule has 0 aliphatic carbocycles. The highest BCUT2D eigenvalue weighted by Crippen LogP contribution is 2.21. The van der Waals surface area contributed by atoms with Gasteiger partial charge in [0.1, 0.15) is 0 Å². The molecule has 0 fully saturated rings. The molecule has 0 aliphatic heterocycles. The van der Waals surface area contributed by atoms with Crippen LogP contribution in [-0.2, 0) is 22.4 Å². The van der Waals surface area contributed by atoms with E-state index in [1.54, 1.807) is 12.2 Å². The first-order chi connectivity index (χ1) is 11.5. The Bertz CT molecular complexity index is 686. The number of carboxylic acid groups (broad SMARTS) is 2. The van der Waals surface area contributed by atoms with Gasteiger partial charge in [0.25, 0.3) is 0 Å². The Hall–Kier alpha value is -3.14. The Labute approximate surface area is 140 Å². The highest BCUT2D eigenvalue weighted by atomic mass is 16.4. The summed E-state index contributed by atoms with van der Waals surface area (Å²) < 4.78 is 0. The van der Waals surface area contributed by atoms with Gasteiger partial charge in [-0.3, -0.25) is 0 Å². The molecule has 0 aromatic heterocycles. The lowest BCUT2D eigenvalue weighted by molar-refractivity contribution is -0.132. The summed E-state index contributed by atoms with van der Waals surface area (Å²) in [6.07, 6.45) is 6.70. The Kier molecular flexibility index (Phi) is 6.08. The fraction of sp³-hybridized carbons (Fsp3) is 0.100. The second-order valence-electron chi connectivity index (χ2n) is 5.28. The van der Waals surface area contributed by atoms with Gasteiger partial charge in [-0.2, -0.15) is 0 Å². The van der Waals surface area contributed by atoms with Crippen molar-refractivity contribution in [3.8, 4) is 11.1 Å². The highest BCUT2D eigenvalue weighted by Gasteiger charge is 1.99. The lowest BCUT2D eigenvalue weighted by atomic mass is 10.0. The van der Waals surface area contributed by atoms with E-state index in [-0.39, 0.29) is 0 Å². The van der Waals surface area contributed by atoms with Crippen LogP contribution in [0.25, 0.3) is 11.1 Å². The zero-order chi connectivity index (χ0) is 17.4. The predicted molar refractivity (Wildman–Crippen MR) is 92.8 cm³/mol. The van der Waals surface area contributed by atoms with Gasteiger partial charge in [-0.05, 0) is 35.1 Å². The summed E-state index contributed by atoms with van der Waals surface area (Å²) in [5, 5.41) is 17.1. The van der Waals surface area contributed by atoms with Gasteiger partial charge < -0.3 is 10.2 Å². The maximum atomic E-state index is 10.4. The zero-order valence-electron chi connectivity index (χ0n) is 13.1. The number of carboxylic acids is 2. The zero-order valence-corrected chi connectivity index (χ0v) is 13.1. The van der Waals surface area contributed by atoms with Crippen LogP contribution in [-0.4, -0.2) is 22.2 Å². The number of hydrogen-bond donors (Lipinski definition) is 2. The summed E-state index contributed by atoms with van der Waals surface area (Å²) in [6, 6.07) is 15.9. The highest BCUT2D eigenvalue weighted by molar-refractivity contribution is 5.80. The fourth-order valence-electron chi connectivity index (χ4n) is 2.26. The van der Waals surface area contributed by atoms with Crippen molar-refractivity contribution in [2.24, 2.45) is 0 Å². The summed E-state index contributed by atoms with van der Waals surface area (Å²) >= 11 is 0. The number of allylic oxidation sites excluding steroid dienone is 2. The van der Waals surface area contributed by atoms with Crippen LogP contribution in [0.4, 0.5) is 0 Å². The normalized spacial score (nSPS) is 11.2. The van der Waals surface area contributed by atoms with Crippen molar-refractivity contribution in [3.05, 3.63) is 84.0 Å². The van der Waals surface area contributed by atoms with Crippen molar-refractivity contribution in [2.75, 3.05) is 0 Å². The number of carbonyl (C=O) groups is 2. The Morgan fingerprint density at radius 3 is 1.29 bits per heavy atom. The van der Waals surface area contributed by atoms with Gasteiger partial charge in [-0.25, -0.2) is 9.59 Å². The molecule has 4 heteroatoms. The summed E-state index contributed by atoms with van der Waals surface area (Å²) in [5.74, 6) is -1.88. The molecule has 24 heavy (non-hydrogen) atoms. The molecule has 0 atom stereocenters. The van der Waals surface area contributed by atoms with E-state index in [2.05, 4.69) is 0 Å². The van der Waals surface area contributed by atoms with Gasteiger partial charge >= 0.3 is 11.9 Å². The summed E-state index contributed by atoms with van der Waals surface area (Å²) in [6.45, 7) is 0. The van der Waals surface area contributed by atoms with Crippen LogP contribution >= 0.6 is 0 Å². The Morgan fingerprint density at radius 2 is 1.00 bits per heavy atom. The standard InChI is InChI=1S/C20H18O4/c21-19(22)5-1-3-15-7-11-17(12-8-15)18-13-9-16(10-14-18)4-2-6-20(23)24/h1-2,5-14H,3-4H2,(H,21,22)(H,23,24). The first-order valence-electron chi connectivity index (χ1n) is 7.52. The van der Waals surface area contributed by atoms with Crippen LogP contribution in [0.1, 0.15) is 11.1 Å². The molecule has 0 saturated carbocycles. The van der Waals surface area contributed by atoms with E-state index in [4.69, 9.17) is 10.2 Å². The van der Waals surface area contributed by atoms with Crippen molar-refractivity contribution in [3.63, 3.8) is 0 Å². The quantitative estimate of drug-likeness (QED) is 0.762. The predicted octanol–water partition coefficient (Wildman–Crippen LogP) is 3.72. The Balaban J connectivity index is 2.01. The van der Waals surface area contributed by atoms with Gasteiger partial charge in [0.05, 0.1) is 0 Å². The fourth-order valence-corrected chi connectivity index (χ4v) is 2.26. The first kappa shape index (κ1) is 17.2. The van der Waals surface area contributed by atoms with Gasteiger partial charge in [0, 0.05) is 12.2 Å². The monoisotopic (exact) mass is 322 g/mol. The molecular weight excluding hydrogens is 304 g/mol. The molecule has 0 heterocycles. The topological polar surface area (TPSA) is 74.6 Å². The maximum Gasteiger partial charge on any atom is 0.327 e. The second kappa shape index (κ2) is 8.48. The molecule has 2 rings (SSSR count). The van der Waals surface area contributed by atoms with E-state index in [9.17, 15) is 9.59 Å². The molecule has 0 saturated heterocycles. The third-order valence-corrected chi connectivity index (χ3v) is 3.47. The van der Waals surface area contributed by atoms with E-state index in [0.717, 1.165) is 34.4 Å². The third-order valence-electron chi connectivity index (χ3n) is 3.47. The molecule has 2 aromatic rings. The SMILES string of the molecule is O=C(O)C=CCc1ccc(-c2ccc(CC=CC(=O)O)cc2)cc1. The number of rotatable bonds is 7. The largest absolute Gasteiger partial charge is 0.478 e. The van der Waals surface area contributed by atoms with Crippen molar-refractivity contribution >= 4 is 11.9 Å². The van der Waals surface area contributed by atoms with Crippen LogP contribution < -0.4 is 0 Å². The lowest BCUT2D eigenvalue weighted by Gasteiger charge is -2.04. The van der Waals surface area contributed by atoms with E-state index < -0.39 is 11.9 Å². The summed E-state index contributed by atoms with van der Waals surface area (Å²) in [5.41, 5.74) is 4.25. The molecule has 2 aromatic carbocycles. The molecule has 2 N–H and O–H groups in total. The first-order valence-corrected chi connectivity index (χ1v) is 7.52. The molecule has 0 aliphatic rings. The van der Waals surface area contributed by atoms with Gasteiger partial charge in [-0.15, -0.1) is 0 Å². The molecule has 0 amide bonds. The molecule has 4 nitrogen and oxygen atoms in total. The Morgan fingerprint density at radius 1 is 0.667 bits per heavy atom. The average Bonchev–Trinajstić information content (AvgIpc) is 2.56. The van der Waals surface area contributed by atoms with Crippen molar-refractivity contribution in [2.45, 2.75) is 12.8 Å². The molecule has 122 valence electrons. The van der Waals surface area contributed by atoms with Crippen LogP contribution in [0, 0.1) is 0 Å². The van der Waals surface area contributed by atoms with Crippen LogP contribution in [0.3, 0.4) is 0 Å². The molecule has 0 spiro atoms. The van der Waals surface area contributed by atoms with Crippen LogP contribution in [0.2, 0.25) is 0 Å². The number of benzene rings is 2. The lowest BCUT2D eigenvalue weighted by Crippen LogP contribution is -1.89. The van der Waals surface area contributed by atoms with E-state index >= 15 is 0 Å². The van der Waals surface area contributed by atoms with Gasteiger partial charge in [0.2, 0.25) is 0 Å². The van der Waals surface area contributed by atoms with E-state index in [0.29, 0.717) is 12.8 Å². The minimum atomic E-state index is -0.940. The minimum Gasteiger partial charge on any atom is -0.478 e. The van der Waals surface area contributed by atoms with Crippen LogP contribution in [0.5, 0.6) is 0 Å². The minimum absolute atomic E-state index is 0.585. The molecular formula is C20H18O4. The number of aliphatic carboxylic acids is 2. The van der Waals surface area contributed by atoms with Crippen LogP contribution in [0.15, 0.2) is 72.8 Å². The van der Waals surface area contributed by atoms with Crippen molar-refractivity contribution in [1.82, 2.24) is 0 Å². The van der Waals surface area contributed by atoms with E-state index in [1.165, 1.54) is 0 Å². The summed E-state index contributed by atoms with van der Waals surface area (Å²) in [4.78, 5) is 20.9. The smallest absolute Gasteiger partial charge is 0.327 e. The van der Waals surface area contributed by atoms with Crippen molar-refractivity contribution in [1.29, 1.82) is 0 Å². The number of hydrogen-bond acceptors (Lipinski definition) is 2. The molecule has 0 bridgehead atoms. The maximum absolute atomic E-state index is 10.4. The second-order valence-corrected chi connectivity index (χ2v) is 5.28. The van der Waals surface area contributed by atoms with Gasteiger partial charge in [-0.1, -0.05) is 60.7 Å². The average molecular weight is 322 g/mol. The summed E-state index contributed by atoms with van der Waals surface area (Å²) in [7, 11) is 0. The third kappa shape index (κ3) is 5.57. The molecule has 0 radical (unpaired) electrons. The van der Waals surface area contributed by atoms with Crippen molar-refractivity contribution < 1.29 is 19.8 Å². The van der Waals surface area contributed by atoms with E-state index in [1.807, 2.05) is 48.5 Å². The molecule has 0 unspecified atom stereocenters. The van der Waals surface area contributed by atoms with Gasteiger partial charge in [0.15, 0.2) is 0 Å².